The summed E-state index contributed by atoms with van der Waals surface area (Å²) in [6.45, 7) is 3.81. The number of carbonyl (C=O) groups is 1. The second-order valence-corrected chi connectivity index (χ2v) is 5.11. The highest BCUT2D eigenvalue weighted by atomic mass is 32.1. The van der Waals surface area contributed by atoms with E-state index in [1.807, 2.05) is 25.1 Å². The molecule has 0 amide bonds. The average Bonchev–Trinajstić information content (AvgIpc) is 2.46. The lowest BCUT2D eigenvalue weighted by Gasteiger charge is -2.25. The minimum Gasteiger partial charge on any atom is -0.469 e. The molecule has 2 N–H and O–H groups in total. The van der Waals surface area contributed by atoms with Crippen molar-refractivity contribution in [2.45, 2.75) is 13.3 Å². The summed E-state index contributed by atoms with van der Waals surface area (Å²) in [4.78, 5) is 13.8. The van der Waals surface area contributed by atoms with Gasteiger partial charge in [0.25, 0.3) is 0 Å². The Morgan fingerprint density at radius 1 is 1.33 bits per heavy atom. The molecule has 1 rings (SSSR count). The molecule has 0 unspecified atom stereocenters. The first kappa shape index (κ1) is 17.4. The van der Waals surface area contributed by atoms with E-state index in [-0.39, 0.29) is 5.97 Å². The fraction of sp³-hybridized carbons (Fsp3) is 0.467. The molecule has 0 aromatic heterocycles. The fourth-order valence-corrected chi connectivity index (χ4v) is 2.25. The summed E-state index contributed by atoms with van der Waals surface area (Å²) in [6, 6.07) is 5.88. The normalized spacial score (nSPS) is 10.2. The number of benzene rings is 1. The highest BCUT2D eigenvalue weighted by molar-refractivity contribution is 7.80. The van der Waals surface area contributed by atoms with E-state index in [9.17, 15) is 4.79 Å². The number of nitrogens with two attached hydrogens (primary N) is 1. The van der Waals surface area contributed by atoms with Crippen molar-refractivity contribution in [3.05, 3.63) is 29.3 Å². The van der Waals surface area contributed by atoms with E-state index in [1.165, 1.54) is 7.11 Å². The number of rotatable bonds is 8. The maximum absolute atomic E-state index is 11.3. The van der Waals surface area contributed by atoms with Crippen molar-refractivity contribution in [2.75, 3.05) is 38.8 Å². The Kier molecular flexibility index (Phi) is 7.11. The number of carbonyl (C=O) groups excluding carboxylic acids is 1. The third-order valence-corrected chi connectivity index (χ3v) is 3.44. The molecule has 116 valence electrons. The molecule has 0 aliphatic heterocycles. The van der Waals surface area contributed by atoms with E-state index in [4.69, 9.17) is 22.7 Å². The molecule has 0 heterocycles. The van der Waals surface area contributed by atoms with E-state index < -0.39 is 0 Å². The van der Waals surface area contributed by atoms with Gasteiger partial charge in [-0.05, 0) is 30.7 Å². The van der Waals surface area contributed by atoms with Crippen LogP contribution in [0, 0.1) is 6.92 Å². The second kappa shape index (κ2) is 8.59. The van der Waals surface area contributed by atoms with Crippen LogP contribution >= 0.6 is 12.2 Å². The first-order valence-corrected chi connectivity index (χ1v) is 7.11. The number of hydrogen-bond donors (Lipinski definition) is 1. The minimum absolute atomic E-state index is 0.228. The smallest absolute Gasteiger partial charge is 0.307 e. The summed E-state index contributed by atoms with van der Waals surface area (Å²) in [6.07, 6.45) is 0.330. The average molecular weight is 310 g/mol. The minimum atomic E-state index is -0.228. The monoisotopic (exact) mass is 310 g/mol. The third kappa shape index (κ3) is 5.32. The Morgan fingerprint density at radius 3 is 2.57 bits per heavy atom. The largest absolute Gasteiger partial charge is 0.469 e. The highest BCUT2D eigenvalue weighted by Crippen LogP contribution is 2.19. The van der Waals surface area contributed by atoms with E-state index in [0.717, 1.165) is 16.8 Å². The Bertz CT molecular complexity index is 506. The standard InChI is InChI=1S/C15H22N2O3S/c1-11-10-12(4-5-13(11)15(16)21)17(8-9-19-2)7-6-14(18)20-3/h4-5,10H,6-9H2,1-3H3,(H2,16,21). The van der Waals surface area contributed by atoms with Gasteiger partial charge in [0.15, 0.2) is 0 Å². The van der Waals surface area contributed by atoms with Gasteiger partial charge in [-0.1, -0.05) is 12.2 Å². The molecular weight excluding hydrogens is 288 g/mol. The van der Waals surface area contributed by atoms with Gasteiger partial charge in [-0.25, -0.2) is 0 Å². The maximum Gasteiger partial charge on any atom is 0.307 e. The van der Waals surface area contributed by atoms with E-state index in [2.05, 4.69) is 9.64 Å². The van der Waals surface area contributed by atoms with Crippen LogP contribution in [0.3, 0.4) is 0 Å². The first-order valence-electron chi connectivity index (χ1n) is 6.70. The van der Waals surface area contributed by atoms with Crippen LogP contribution in [-0.4, -0.2) is 44.9 Å². The lowest BCUT2D eigenvalue weighted by Crippen LogP contribution is -2.30. The number of hydrogen-bond acceptors (Lipinski definition) is 5. The fourth-order valence-electron chi connectivity index (χ4n) is 2.02. The van der Waals surface area contributed by atoms with Crippen LogP contribution in [0.1, 0.15) is 17.5 Å². The molecule has 6 heteroatoms. The van der Waals surface area contributed by atoms with Gasteiger partial charge in [-0.2, -0.15) is 0 Å². The maximum atomic E-state index is 11.3. The van der Waals surface area contributed by atoms with Crippen molar-refractivity contribution < 1.29 is 14.3 Å². The van der Waals surface area contributed by atoms with Gasteiger partial charge < -0.3 is 20.1 Å². The Labute approximate surface area is 131 Å². The Hall–Kier alpha value is -1.66. The van der Waals surface area contributed by atoms with Crippen LogP contribution in [0.5, 0.6) is 0 Å². The van der Waals surface area contributed by atoms with Crippen LogP contribution in [-0.2, 0) is 14.3 Å². The third-order valence-electron chi connectivity index (χ3n) is 3.22. The van der Waals surface area contributed by atoms with E-state index in [0.29, 0.717) is 31.1 Å². The van der Waals surface area contributed by atoms with Crippen LogP contribution in [0.15, 0.2) is 18.2 Å². The van der Waals surface area contributed by atoms with Gasteiger partial charge in [0.1, 0.15) is 4.99 Å². The van der Waals surface area contributed by atoms with Crippen LogP contribution < -0.4 is 10.6 Å². The van der Waals surface area contributed by atoms with Crippen molar-refractivity contribution >= 4 is 28.9 Å². The molecule has 0 saturated heterocycles. The van der Waals surface area contributed by atoms with Gasteiger partial charge in [0.05, 0.1) is 20.1 Å². The zero-order valence-corrected chi connectivity index (χ0v) is 13.5. The molecular formula is C15H22N2O3S. The summed E-state index contributed by atoms with van der Waals surface area (Å²) in [5.74, 6) is -0.228. The second-order valence-electron chi connectivity index (χ2n) is 4.67. The summed E-state index contributed by atoms with van der Waals surface area (Å²) < 4.78 is 9.81. The molecule has 0 bridgehead atoms. The SMILES string of the molecule is COCCN(CCC(=O)OC)c1ccc(C(N)=S)c(C)c1. The molecule has 0 spiro atoms. The zero-order chi connectivity index (χ0) is 15.8. The zero-order valence-electron chi connectivity index (χ0n) is 12.7. The molecule has 1 aromatic rings. The molecule has 0 aliphatic carbocycles. The van der Waals surface area contributed by atoms with Crippen molar-refractivity contribution in [3.8, 4) is 0 Å². The number of methoxy groups -OCH3 is 2. The molecule has 5 nitrogen and oxygen atoms in total. The summed E-state index contributed by atoms with van der Waals surface area (Å²) in [5, 5.41) is 0. The van der Waals surface area contributed by atoms with Gasteiger partial charge in [0.2, 0.25) is 0 Å². The molecule has 0 atom stereocenters. The van der Waals surface area contributed by atoms with Crippen molar-refractivity contribution in [2.24, 2.45) is 5.73 Å². The van der Waals surface area contributed by atoms with Crippen molar-refractivity contribution in [1.29, 1.82) is 0 Å². The Balaban J connectivity index is 2.88. The van der Waals surface area contributed by atoms with Gasteiger partial charge >= 0.3 is 5.97 Å². The van der Waals surface area contributed by atoms with Gasteiger partial charge in [-0.3, -0.25) is 4.79 Å². The molecule has 0 aliphatic rings. The number of nitrogens with zero attached hydrogens (tertiary/aromatic N) is 1. The number of aryl methyl sites for hydroxylation is 1. The molecule has 0 fully saturated rings. The number of ether oxygens (including phenoxy) is 2. The summed E-state index contributed by atoms with van der Waals surface area (Å²) in [5.41, 5.74) is 8.57. The molecule has 21 heavy (non-hydrogen) atoms. The number of anilines is 1. The lowest BCUT2D eigenvalue weighted by molar-refractivity contribution is -0.140. The van der Waals surface area contributed by atoms with Gasteiger partial charge in [0, 0.05) is 31.5 Å². The van der Waals surface area contributed by atoms with E-state index >= 15 is 0 Å². The molecule has 0 radical (unpaired) electrons. The topological polar surface area (TPSA) is 64.8 Å². The van der Waals surface area contributed by atoms with Gasteiger partial charge in [-0.15, -0.1) is 0 Å². The molecule has 1 aromatic carbocycles. The van der Waals surface area contributed by atoms with Crippen molar-refractivity contribution in [3.63, 3.8) is 0 Å². The lowest BCUT2D eigenvalue weighted by atomic mass is 10.1. The van der Waals surface area contributed by atoms with Crippen molar-refractivity contribution in [1.82, 2.24) is 0 Å². The number of esters is 1. The van der Waals surface area contributed by atoms with Crippen LogP contribution in [0.4, 0.5) is 5.69 Å². The van der Waals surface area contributed by atoms with E-state index in [1.54, 1.807) is 7.11 Å². The predicted octanol–water partition coefficient (Wildman–Crippen LogP) is 1.65. The van der Waals surface area contributed by atoms with Crippen LogP contribution in [0.25, 0.3) is 0 Å². The summed E-state index contributed by atoms with van der Waals surface area (Å²) >= 11 is 5.01. The highest BCUT2D eigenvalue weighted by Gasteiger charge is 2.11. The Morgan fingerprint density at radius 2 is 2.05 bits per heavy atom. The summed E-state index contributed by atoms with van der Waals surface area (Å²) in [7, 11) is 3.04. The quantitative estimate of drug-likeness (QED) is 0.582. The predicted molar refractivity (Wildman–Crippen MR) is 87.8 cm³/mol. The number of thiocarbonyl (C=S) groups is 1. The first-order chi connectivity index (χ1) is 9.99. The van der Waals surface area contributed by atoms with Crippen LogP contribution in [0.2, 0.25) is 0 Å². The molecule has 0 saturated carbocycles.